The average molecular weight is 317 g/mol. The third-order valence-corrected chi connectivity index (χ3v) is 4.42. The summed E-state index contributed by atoms with van der Waals surface area (Å²) in [5.41, 5.74) is 2.71. The lowest BCUT2D eigenvalue weighted by atomic mass is 9.93. The largest absolute Gasteiger partial charge is 0.379 e. The maximum Gasteiger partial charge on any atom is 0.0594 e. The normalized spacial score (nSPS) is 18.6. The van der Waals surface area contributed by atoms with Crippen LogP contribution in [0.1, 0.15) is 31.9 Å². The number of aromatic nitrogens is 1. The van der Waals surface area contributed by atoms with Gasteiger partial charge in [0.25, 0.3) is 0 Å². The monoisotopic (exact) mass is 317 g/mol. The van der Waals surface area contributed by atoms with Crippen LogP contribution >= 0.6 is 0 Å². The van der Waals surface area contributed by atoms with Crippen LogP contribution in [0.25, 0.3) is 0 Å². The highest BCUT2D eigenvalue weighted by Crippen LogP contribution is 2.26. The Balaban J connectivity index is 1.75. The SMILES string of the molecule is C/C=C\C=C(/C)C(CCNCCN1CCOCC1)c1ccc[nH]1. The van der Waals surface area contributed by atoms with Crippen molar-refractivity contribution in [3.8, 4) is 0 Å². The first-order valence-electron chi connectivity index (χ1n) is 8.75. The Bertz CT molecular complexity index is 473. The second-order valence-electron chi connectivity index (χ2n) is 6.11. The van der Waals surface area contributed by atoms with Crippen molar-refractivity contribution in [2.24, 2.45) is 0 Å². The van der Waals surface area contributed by atoms with E-state index in [2.05, 4.69) is 59.4 Å². The van der Waals surface area contributed by atoms with E-state index in [9.17, 15) is 0 Å². The van der Waals surface area contributed by atoms with Gasteiger partial charge in [0.1, 0.15) is 0 Å². The van der Waals surface area contributed by atoms with E-state index in [-0.39, 0.29) is 0 Å². The molecule has 2 rings (SSSR count). The molecule has 0 aromatic carbocycles. The molecule has 1 unspecified atom stereocenters. The van der Waals surface area contributed by atoms with Gasteiger partial charge in [-0.15, -0.1) is 0 Å². The first-order chi connectivity index (χ1) is 11.3. The molecule has 1 aromatic rings. The summed E-state index contributed by atoms with van der Waals surface area (Å²) in [6, 6.07) is 4.27. The van der Waals surface area contributed by atoms with E-state index in [1.807, 2.05) is 6.20 Å². The van der Waals surface area contributed by atoms with Crippen LogP contribution in [-0.4, -0.2) is 55.8 Å². The van der Waals surface area contributed by atoms with Crippen molar-refractivity contribution < 1.29 is 4.74 Å². The topological polar surface area (TPSA) is 40.3 Å². The summed E-state index contributed by atoms with van der Waals surface area (Å²) in [4.78, 5) is 5.84. The van der Waals surface area contributed by atoms with E-state index in [1.54, 1.807) is 0 Å². The Labute approximate surface area is 140 Å². The van der Waals surface area contributed by atoms with Crippen molar-refractivity contribution in [2.75, 3.05) is 45.9 Å². The third-order valence-electron chi connectivity index (χ3n) is 4.42. The van der Waals surface area contributed by atoms with E-state index in [0.29, 0.717) is 5.92 Å². The predicted octanol–water partition coefficient (Wildman–Crippen LogP) is 2.93. The van der Waals surface area contributed by atoms with Crippen LogP contribution in [0.5, 0.6) is 0 Å². The summed E-state index contributed by atoms with van der Waals surface area (Å²) in [6.45, 7) is 11.4. The van der Waals surface area contributed by atoms with Crippen molar-refractivity contribution >= 4 is 0 Å². The lowest BCUT2D eigenvalue weighted by Crippen LogP contribution is -2.40. The predicted molar refractivity (Wildman–Crippen MR) is 96.9 cm³/mol. The molecule has 128 valence electrons. The van der Waals surface area contributed by atoms with Crippen LogP contribution in [0, 0.1) is 0 Å². The molecule has 1 fully saturated rings. The van der Waals surface area contributed by atoms with Crippen LogP contribution in [-0.2, 0) is 4.74 Å². The maximum absolute atomic E-state index is 5.38. The lowest BCUT2D eigenvalue weighted by Gasteiger charge is -2.26. The Hall–Kier alpha value is -1.36. The van der Waals surface area contributed by atoms with E-state index >= 15 is 0 Å². The number of H-pyrrole nitrogens is 1. The number of aromatic amines is 1. The summed E-state index contributed by atoms with van der Waals surface area (Å²) < 4.78 is 5.38. The fraction of sp³-hybridized carbons (Fsp3) is 0.579. The molecule has 0 amide bonds. The smallest absolute Gasteiger partial charge is 0.0594 e. The quantitative estimate of drug-likeness (QED) is 0.543. The molecule has 2 N–H and O–H groups in total. The molecule has 1 aromatic heterocycles. The van der Waals surface area contributed by atoms with Crippen molar-refractivity contribution in [1.29, 1.82) is 0 Å². The second-order valence-corrected chi connectivity index (χ2v) is 6.11. The molecule has 1 atom stereocenters. The average Bonchev–Trinajstić information content (AvgIpc) is 3.11. The van der Waals surface area contributed by atoms with Crippen molar-refractivity contribution in [1.82, 2.24) is 15.2 Å². The zero-order valence-electron chi connectivity index (χ0n) is 14.6. The number of rotatable bonds is 9. The summed E-state index contributed by atoms with van der Waals surface area (Å²) in [5, 5.41) is 3.59. The molecular formula is C19H31N3O. The van der Waals surface area contributed by atoms with E-state index in [1.165, 1.54) is 11.3 Å². The van der Waals surface area contributed by atoms with Gasteiger partial charge >= 0.3 is 0 Å². The Morgan fingerprint density at radius 1 is 1.39 bits per heavy atom. The van der Waals surface area contributed by atoms with Gasteiger partial charge < -0.3 is 15.0 Å². The van der Waals surface area contributed by atoms with E-state index < -0.39 is 0 Å². The fourth-order valence-electron chi connectivity index (χ4n) is 2.99. The number of morpholine rings is 1. The Kier molecular flexibility index (Phi) is 8.15. The van der Waals surface area contributed by atoms with Crippen LogP contribution in [0.2, 0.25) is 0 Å². The molecule has 4 heteroatoms. The van der Waals surface area contributed by atoms with Gasteiger partial charge in [0.05, 0.1) is 13.2 Å². The van der Waals surface area contributed by atoms with Gasteiger partial charge in [-0.05, 0) is 38.9 Å². The second kappa shape index (κ2) is 10.4. The fourth-order valence-corrected chi connectivity index (χ4v) is 2.99. The van der Waals surface area contributed by atoms with E-state index in [0.717, 1.165) is 52.4 Å². The van der Waals surface area contributed by atoms with Crippen LogP contribution in [0.15, 0.2) is 42.1 Å². The first-order valence-corrected chi connectivity index (χ1v) is 8.75. The van der Waals surface area contributed by atoms with Crippen LogP contribution < -0.4 is 5.32 Å². The molecule has 0 aliphatic carbocycles. The van der Waals surface area contributed by atoms with E-state index in [4.69, 9.17) is 4.74 Å². The summed E-state index contributed by atoms with van der Waals surface area (Å²) in [6.07, 6.45) is 9.55. The maximum atomic E-state index is 5.38. The van der Waals surface area contributed by atoms with Crippen molar-refractivity contribution in [3.05, 3.63) is 47.8 Å². The molecular weight excluding hydrogens is 286 g/mol. The van der Waals surface area contributed by atoms with Crippen LogP contribution in [0.3, 0.4) is 0 Å². The highest BCUT2D eigenvalue weighted by Gasteiger charge is 2.14. The molecule has 1 aliphatic rings. The minimum Gasteiger partial charge on any atom is -0.379 e. The lowest BCUT2D eigenvalue weighted by molar-refractivity contribution is 0.0384. The molecule has 4 nitrogen and oxygen atoms in total. The number of ether oxygens (including phenoxy) is 1. The third kappa shape index (κ3) is 6.34. The molecule has 0 radical (unpaired) electrons. The molecule has 0 bridgehead atoms. The molecule has 23 heavy (non-hydrogen) atoms. The zero-order valence-corrected chi connectivity index (χ0v) is 14.6. The molecule has 1 saturated heterocycles. The number of allylic oxidation sites excluding steroid dienone is 4. The summed E-state index contributed by atoms with van der Waals surface area (Å²) in [5.74, 6) is 0.456. The summed E-state index contributed by atoms with van der Waals surface area (Å²) in [7, 11) is 0. The van der Waals surface area contributed by atoms with Gasteiger partial charge in [-0.1, -0.05) is 23.8 Å². The first kappa shape index (κ1) is 18.0. The molecule has 0 saturated carbocycles. The number of nitrogens with one attached hydrogen (secondary N) is 2. The van der Waals surface area contributed by atoms with Gasteiger partial charge in [0.15, 0.2) is 0 Å². The zero-order chi connectivity index (χ0) is 16.3. The van der Waals surface area contributed by atoms with Crippen LogP contribution in [0.4, 0.5) is 0 Å². The molecule has 0 spiro atoms. The van der Waals surface area contributed by atoms with Gasteiger partial charge in [-0.2, -0.15) is 0 Å². The summed E-state index contributed by atoms with van der Waals surface area (Å²) >= 11 is 0. The van der Waals surface area contributed by atoms with Gasteiger partial charge in [-0.3, -0.25) is 4.90 Å². The number of nitrogens with zero attached hydrogens (tertiary/aromatic N) is 1. The molecule has 2 heterocycles. The minimum absolute atomic E-state index is 0.456. The number of hydrogen-bond donors (Lipinski definition) is 2. The minimum atomic E-state index is 0.456. The highest BCUT2D eigenvalue weighted by molar-refractivity contribution is 5.25. The van der Waals surface area contributed by atoms with Crippen molar-refractivity contribution in [3.63, 3.8) is 0 Å². The van der Waals surface area contributed by atoms with Gasteiger partial charge in [0.2, 0.25) is 0 Å². The van der Waals surface area contributed by atoms with Gasteiger partial charge in [0, 0.05) is 44.0 Å². The van der Waals surface area contributed by atoms with Gasteiger partial charge in [-0.25, -0.2) is 0 Å². The Morgan fingerprint density at radius 3 is 2.91 bits per heavy atom. The Morgan fingerprint density at radius 2 is 2.22 bits per heavy atom. The standard InChI is InChI=1S/C19H31N3O/c1-3-4-6-17(2)18(19-7-5-9-21-19)8-10-20-11-12-22-13-15-23-16-14-22/h3-7,9,18,20-21H,8,10-16H2,1-2H3/b4-3-,17-6+. The highest BCUT2D eigenvalue weighted by atomic mass is 16.5. The number of hydrogen-bond acceptors (Lipinski definition) is 3. The van der Waals surface area contributed by atoms with Crippen molar-refractivity contribution in [2.45, 2.75) is 26.2 Å². The molecule has 1 aliphatic heterocycles.